The molecular weight excluding hydrogens is 386 g/mol. The molecule has 29 heavy (non-hydrogen) atoms. The van der Waals surface area contributed by atoms with Gasteiger partial charge in [-0.1, -0.05) is 23.9 Å². The smallest absolute Gasteiger partial charge is 0.227 e. The number of anilines is 2. The minimum Gasteiger partial charge on any atom is -0.332 e. The fourth-order valence-electron chi connectivity index (χ4n) is 3.03. The summed E-state index contributed by atoms with van der Waals surface area (Å²) in [6.07, 6.45) is 5.53. The van der Waals surface area contributed by atoms with Crippen LogP contribution in [0.25, 0.3) is 22.5 Å². The number of H-pyrrole nitrogens is 1. The largest absolute Gasteiger partial charge is 0.332 e. The highest BCUT2D eigenvalue weighted by atomic mass is 32.2. The third-order valence-corrected chi connectivity index (χ3v) is 5.16. The van der Waals surface area contributed by atoms with Gasteiger partial charge in [-0.25, -0.2) is 9.97 Å². The second-order valence-electron chi connectivity index (χ2n) is 6.92. The lowest BCUT2D eigenvalue weighted by Gasteiger charge is -2.08. The first-order valence-electron chi connectivity index (χ1n) is 9.33. The summed E-state index contributed by atoms with van der Waals surface area (Å²) in [7, 11) is 0. The van der Waals surface area contributed by atoms with Gasteiger partial charge >= 0.3 is 0 Å². The molecule has 3 N–H and O–H groups in total. The molecule has 0 bridgehead atoms. The quantitative estimate of drug-likeness (QED) is 0.533. The van der Waals surface area contributed by atoms with E-state index < -0.39 is 0 Å². The zero-order valence-corrected chi connectivity index (χ0v) is 17.0. The van der Waals surface area contributed by atoms with Crippen LogP contribution in [0.2, 0.25) is 0 Å². The molecule has 0 radical (unpaired) electrons. The number of thioether (sulfide) groups is 1. The molecule has 2 amide bonds. The highest BCUT2D eigenvalue weighted by Crippen LogP contribution is 2.35. The van der Waals surface area contributed by atoms with E-state index in [2.05, 4.69) is 20.6 Å². The number of rotatable bonds is 6. The Morgan fingerprint density at radius 1 is 1.14 bits per heavy atom. The lowest BCUT2D eigenvalue weighted by molar-refractivity contribution is -0.117. The zero-order chi connectivity index (χ0) is 20.4. The van der Waals surface area contributed by atoms with E-state index >= 15 is 0 Å². The monoisotopic (exact) mass is 407 g/mol. The minimum atomic E-state index is -0.177. The summed E-state index contributed by atoms with van der Waals surface area (Å²) < 4.78 is 0. The van der Waals surface area contributed by atoms with Gasteiger partial charge in [0.1, 0.15) is 5.82 Å². The van der Waals surface area contributed by atoms with Crippen molar-refractivity contribution < 1.29 is 9.59 Å². The molecular formula is C21H21N5O2S. The first-order valence-corrected chi connectivity index (χ1v) is 10.6. The number of carbonyl (C=O) groups is 2. The fourth-order valence-corrected chi connectivity index (χ4v) is 3.42. The van der Waals surface area contributed by atoms with Crippen LogP contribution >= 0.6 is 11.8 Å². The van der Waals surface area contributed by atoms with Gasteiger partial charge in [0.05, 0.1) is 11.4 Å². The molecule has 0 saturated heterocycles. The van der Waals surface area contributed by atoms with Gasteiger partial charge in [-0.3, -0.25) is 9.59 Å². The number of aromatic amines is 1. The average molecular weight is 407 g/mol. The van der Waals surface area contributed by atoms with E-state index in [1.165, 1.54) is 18.7 Å². The van der Waals surface area contributed by atoms with Crippen LogP contribution in [-0.4, -0.2) is 33.0 Å². The van der Waals surface area contributed by atoms with Crippen molar-refractivity contribution in [3.63, 3.8) is 0 Å². The normalized spacial score (nSPS) is 13.2. The molecule has 1 saturated carbocycles. The molecule has 2 aromatic heterocycles. The Hall–Kier alpha value is -3.13. The van der Waals surface area contributed by atoms with E-state index in [1.807, 2.05) is 36.6 Å². The molecule has 4 rings (SSSR count). The van der Waals surface area contributed by atoms with Crippen molar-refractivity contribution in [3.8, 4) is 22.5 Å². The summed E-state index contributed by atoms with van der Waals surface area (Å²) in [5, 5.41) is 6.47. The van der Waals surface area contributed by atoms with Crippen molar-refractivity contribution in [1.82, 2.24) is 15.0 Å². The molecule has 148 valence electrons. The first-order chi connectivity index (χ1) is 14.0. The molecule has 1 fully saturated rings. The minimum absolute atomic E-state index is 0.0725. The highest BCUT2D eigenvalue weighted by molar-refractivity contribution is 7.98. The van der Waals surface area contributed by atoms with E-state index in [0.29, 0.717) is 5.82 Å². The Balaban J connectivity index is 1.71. The predicted molar refractivity (Wildman–Crippen MR) is 115 cm³/mol. The van der Waals surface area contributed by atoms with Gasteiger partial charge in [0.2, 0.25) is 11.8 Å². The van der Waals surface area contributed by atoms with Crippen LogP contribution in [0.5, 0.6) is 0 Å². The second-order valence-corrected chi connectivity index (χ2v) is 7.72. The number of nitrogens with zero attached hydrogens (tertiary/aromatic N) is 2. The second kappa shape index (κ2) is 8.08. The Labute approximate surface area is 172 Å². The molecule has 8 heteroatoms. The average Bonchev–Trinajstić information content (AvgIpc) is 3.47. The Morgan fingerprint density at radius 3 is 2.69 bits per heavy atom. The lowest BCUT2D eigenvalue weighted by Crippen LogP contribution is -2.13. The molecule has 0 spiro atoms. The van der Waals surface area contributed by atoms with E-state index in [4.69, 9.17) is 4.98 Å². The third-order valence-electron chi connectivity index (χ3n) is 4.58. The number of hydrogen-bond donors (Lipinski definition) is 3. The maximum atomic E-state index is 12.1. The molecule has 0 aliphatic heterocycles. The van der Waals surface area contributed by atoms with Gasteiger partial charge in [0, 0.05) is 35.9 Å². The Bertz CT molecular complexity index is 1070. The van der Waals surface area contributed by atoms with Crippen LogP contribution in [0.1, 0.15) is 19.8 Å². The number of hydrogen-bond acceptors (Lipinski definition) is 5. The summed E-state index contributed by atoms with van der Waals surface area (Å²) >= 11 is 1.51. The first kappa shape index (κ1) is 19.2. The Kier molecular flexibility index (Phi) is 5.35. The van der Waals surface area contributed by atoms with Crippen LogP contribution in [-0.2, 0) is 9.59 Å². The maximum absolute atomic E-state index is 12.1. The van der Waals surface area contributed by atoms with Crippen molar-refractivity contribution in [2.24, 2.45) is 5.92 Å². The summed E-state index contributed by atoms with van der Waals surface area (Å²) in [5.41, 5.74) is 4.11. The van der Waals surface area contributed by atoms with Crippen LogP contribution in [0.15, 0.2) is 47.8 Å². The molecule has 0 atom stereocenters. The van der Waals surface area contributed by atoms with E-state index in [-0.39, 0.29) is 17.7 Å². The van der Waals surface area contributed by atoms with E-state index in [1.54, 1.807) is 12.3 Å². The van der Waals surface area contributed by atoms with Gasteiger partial charge in [-0.15, -0.1) is 0 Å². The SMILES string of the molecule is CSc1nc(-c2cccc(NC(=O)C3CC3)c2)c(-c2ccnc(NC(C)=O)c2)[nH]1. The summed E-state index contributed by atoms with van der Waals surface area (Å²) in [6, 6.07) is 11.4. The number of carbonyl (C=O) groups excluding carboxylic acids is 2. The van der Waals surface area contributed by atoms with Crippen LogP contribution < -0.4 is 10.6 Å². The summed E-state index contributed by atoms with van der Waals surface area (Å²) in [6.45, 7) is 1.45. The Morgan fingerprint density at radius 2 is 1.97 bits per heavy atom. The van der Waals surface area contributed by atoms with Crippen molar-refractivity contribution in [1.29, 1.82) is 0 Å². The van der Waals surface area contributed by atoms with Crippen LogP contribution in [0.3, 0.4) is 0 Å². The summed E-state index contributed by atoms with van der Waals surface area (Å²) in [4.78, 5) is 35.7. The predicted octanol–water partition coefficient (Wildman–Crippen LogP) is 4.17. The van der Waals surface area contributed by atoms with Crippen molar-refractivity contribution in [2.75, 3.05) is 16.9 Å². The molecule has 2 heterocycles. The zero-order valence-electron chi connectivity index (χ0n) is 16.2. The molecule has 0 unspecified atom stereocenters. The number of pyridine rings is 1. The third kappa shape index (κ3) is 4.48. The van der Waals surface area contributed by atoms with Gasteiger partial charge < -0.3 is 15.6 Å². The van der Waals surface area contributed by atoms with Crippen molar-refractivity contribution >= 4 is 35.1 Å². The topological polar surface area (TPSA) is 99.8 Å². The summed E-state index contributed by atoms with van der Waals surface area (Å²) in [5.74, 6) is 0.519. The molecule has 1 aromatic carbocycles. The maximum Gasteiger partial charge on any atom is 0.227 e. The standard InChI is InChI=1S/C21H21N5O2S/c1-12(27)23-17-11-15(8-9-22-17)19-18(25-21(26-19)29-2)14-4-3-5-16(10-14)24-20(28)13-6-7-13/h3-5,8-11,13H,6-7H2,1-2H3,(H,24,28)(H,25,26)(H,22,23,27). The molecule has 1 aliphatic rings. The number of benzene rings is 1. The van der Waals surface area contributed by atoms with Gasteiger partial charge in [0.15, 0.2) is 5.16 Å². The number of amides is 2. The lowest BCUT2D eigenvalue weighted by atomic mass is 10.1. The number of imidazole rings is 1. The van der Waals surface area contributed by atoms with Crippen molar-refractivity contribution in [3.05, 3.63) is 42.6 Å². The van der Waals surface area contributed by atoms with Crippen LogP contribution in [0.4, 0.5) is 11.5 Å². The molecule has 1 aliphatic carbocycles. The van der Waals surface area contributed by atoms with E-state index in [9.17, 15) is 9.59 Å². The van der Waals surface area contributed by atoms with Crippen LogP contribution in [0, 0.1) is 5.92 Å². The molecule has 7 nitrogen and oxygen atoms in total. The van der Waals surface area contributed by atoms with Gasteiger partial charge in [0.25, 0.3) is 0 Å². The van der Waals surface area contributed by atoms with Crippen molar-refractivity contribution in [2.45, 2.75) is 24.9 Å². The van der Waals surface area contributed by atoms with Gasteiger partial charge in [-0.2, -0.15) is 0 Å². The van der Waals surface area contributed by atoms with Gasteiger partial charge in [-0.05, 0) is 43.4 Å². The van der Waals surface area contributed by atoms with E-state index in [0.717, 1.165) is 46.2 Å². The fraction of sp³-hybridized carbons (Fsp3) is 0.238. The molecule has 3 aromatic rings. The number of aromatic nitrogens is 3. The number of nitrogens with one attached hydrogen (secondary N) is 3. The highest BCUT2D eigenvalue weighted by Gasteiger charge is 2.29.